The second-order valence-electron chi connectivity index (χ2n) is 8.27. The number of nitrogen functional groups attached to an aromatic ring is 1. The number of pyridine rings is 2. The van der Waals surface area contributed by atoms with Gasteiger partial charge in [0.1, 0.15) is 11.9 Å². The molecule has 0 atom stereocenters. The topological polar surface area (TPSA) is 117 Å². The van der Waals surface area contributed by atoms with E-state index in [1.807, 2.05) is 49.4 Å². The number of para-hydroxylation sites is 1. The number of rotatable bonds is 6. The summed E-state index contributed by atoms with van der Waals surface area (Å²) in [7, 11) is 0. The number of benzene rings is 1. The summed E-state index contributed by atoms with van der Waals surface area (Å²) in [5.41, 5.74) is 10.1. The fourth-order valence-corrected chi connectivity index (χ4v) is 4.01. The van der Waals surface area contributed by atoms with Crippen molar-refractivity contribution in [1.29, 1.82) is 0 Å². The molecule has 0 saturated carbocycles. The van der Waals surface area contributed by atoms with E-state index in [4.69, 9.17) is 15.2 Å². The number of aromatic nitrogens is 4. The molecule has 4 heterocycles. The predicted molar refractivity (Wildman–Crippen MR) is 127 cm³/mol. The number of carbonyl (C=O) groups is 1. The predicted octanol–water partition coefficient (Wildman–Crippen LogP) is 3.17. The van der Waals surface area contributed by atoms with Gasteiger partial charge in [-0.2, -0.15) is 4.98 Å². The van der Waals surface area contributed by atoms with E-state index < -0.39 is 0 Å². The van der Waals surface area contributed by atoms with Crippen LogP contribution in [0.4, 0.5) is 5.95 Å². The van der Waals surface area contributed by atoms with Crippen LogP contribution >= 0.6 is 0 Å². The van der Waals surface area contributed by atoms with Gasteiger partial charge in [0.2, 0.25) is 5.95 Å². The molecule has 1 aromatic carbocycles. The molecule has 5 rings (SSSR count). The van der Waals surface area contributed by atoms with Crippen molar-refractivity contribution in [2.45, 2.75) is 32.4 Å². The minimum absolute atomic E-state index is 0.131. The van der Waals surface area contributed by atoms with Crippen LogP contribution in [0, 0.1) is 6.92 Å². The van der Waals surface area contributed by atoms with Crippen molar-refractivity contribution in [2.75, 3.05) is 18.9 Å². The zero-order valence-corrected chi connectivity index (χ0v) is 18.9. The molecule has 0 spiro atoms. The summed E-state index contributed by atoms with van der Waals surface area (Å²) in [6.45, 7) is 3.60. The fourth-order valence-electron chi connectivity index (χ4n) is 4.01. The van der Waals surface area contributed by atoms with Crippen LogP contribution in [-0.4, -0.2) is 44.8 Å². The highest BCUT2D eigenvalue weighted by Crippen LogP contribution is 2.24. The summed E-state index contributed by atoms with van der Waals surface area (Å²) in [5, 5.41) is 7.11. The van der Waals surface area contributed by atoms with Crippen LogP contribution in [0.3, 0.4) is 0 Å². The normalized spacial score (nSPS) is 14.3. The third-order valence-electron chi connectivity index (χ3n) is 5.89. The largest absolute Gasteiger partial charge is 0.490 e. The van der Waals surface area contributed by atoms with Gasteiger partial charge in [-0.3, -0.25) is 9.78 Å². The summed E-state index contributed by atoms with van der Waals surface area (Å²) in [4.78, 5) is 21.7. The highest BCUT2D eigenvalue weighted by molar-refractivity contribution is 5.96. The van der Waals surface area contributed by atoms with Gasteiger partial charge in [0.05, 0.1) is 24.5 Å². The van der Waals surface area contributed by atoms with Gasteiger partial charge in [-0.05, 0) is 36.8 Å². The lowest BCUT2D eigenvalue weighted by Crippen LogP contribution is -2.27. The lowest BCUT2D eigenvalue weighted by atomic mass is 10.0. The molecule has 1 amide bonds. The zero-order valence-electron chi connectivity index (χ0n) is 18.9. The number of hydrogen-bond donors (Lipinski definition) is 2. The molecule has 1 saturated heterocycles. The summed E-state index contributed by atoms with van der Waals surface area (Å²) in [6.07, 6.45) is 5.39. The van der Waals surface area contributed by atoms with Crippen molar-refractivity contribution >= 4 is 17.5 Å². The maximum Gasteiger partial charge on any atom is 0.253 e. The Morgan fingerprint density at radius 2 is 2.03 bits per heavy atom. The molecular weight excluding hydrogens is 432 g/mol. The lowest BCUT2D eigenvalue weighted by Gasteiger charge is -2.24. The molecule has 9 nitrogen and oxygen atoms in total. The molecule has 174 valence electrons. The summed E-state index contributed by atoms with van der Waals surface area (Å²) in [6, 6.07) is 13.4. The Hall–Kier alpha value is -3.98. The van der Waals surface area contributed by atoms with Gasteiger partial charge in [-0.1, -0.05) is 18.2 Å². The van der Waals surface area contributed by atoms with Gasteiger partial charge in [-0.25, -0.2) is 4.52 Å². The number of nitrogens with two attached hydrogens (primary N) is 1. The molecule has 9 heteroatoms. The van der Waals surface area contributed by atoms with E-state index in [0.717, 1.165) is 35.3 Å². The van der Waals surface area contributed by atoms with Crippen LogP contribution in [0.25, 0.3) is 16.8 Å². The number of anilines is 1. The van der Waals surface area contributed by atoms with E-state index in [-0.39, 0.29) is 18.0 Å². The monoisotopic (exact) mass is 458 g/mol. The third kappa shape index (κ3) is 4.69. The Balaban J connectivity index is 1.32. The molecule has 0 radical (unpaired) electrons. The first-order valence-corrected chi connectivity index (χ1v) is 11.3. The van der Waals surface area contributed by atoms with Crippen molar-refractivity contribution in [3.05, 3.63) is 71.7 Å². The molecule has 0 bridgehead atoms. The number of ether oxygens (including phenoxy) is 2. The zero-order chi connectivity index (χ0) is 23.5. The third-order valence-corrected chi connectivity index (χ3v) is 5.89. The maximum atomic E-state index is 13.1. The molecule has 34 heavy (non-hydrogen) atoms. The Bertz CT molecular complexity index is 1330. The van der Waals surface area contributed by atoms with Gasteiger partial charge >= 0.3 is 0 Å². The number of carbonyl (C=O) groups excluding carboxylic acids is 1. The van der Waals surface area contributed by atoms with E-state index in [1.54, 1.807) is 16.9 Å². The first-order chi connectivity index (χ1) is 16.6. The minimum Gasteiger partial charge on any atom is -0.490 e. The minimum atomic E-state index is -0.194. The summed E-state index contributed by atoms with van der Waals surface area (Å²) in [5.74, 6) is 0.806. The number of amides is 1. The van der Waals surface area contributed by atoms with Crippen molar-refractivity contribution in [3.63, 3.8) is 0 Å². The van der Waals surface area contributed by atoms with Crippen LogP contribution in [0.1, 0.15) is 34.5 Å². The van der Waals surface area contributed by atoms with Crippen LogP contribution < -0.4 is 15.8 Å². The SMILES string of the molecule is Cc1ncc(-c2ccn3nc(N)nc3c2)cc1C(=O)NCc1ccccc1OC1CCOCC1. The molecule has 4 aromatic rings. The smallest absolute Gasteiger partial charge is 0.253 e. The highest BCUT2D eigenvalue weighted by Gasteiger charge is 2.18. The van der Waals surface area contributed by atoms with E-state index >= 15 is 0 Å². The summed E-state index contributed by atoms with van der Waals surface area (Å²) < 4.78 is 13.2. The van der Waals surface area contributed by atoms with Crippen molar-refractivity contribution in [3.8, 4) is 16.9 Å². The lowest BCUT2D eigenvalue weighted by molar-refractivity contribution is 0.0251. The van der Waals surface area contributed by atoms with Crippen molar-refractivity contribution < 1.29 is 14.3 Å². The number of nitrogens with zero attached hydrogens (tertiary/aromatic N) is 4. The number of hydrogen-bond acceptors (Lipinski definition) is 7. The van der Waals surface area contributed by atoms with Crippen molar-refractivity contribution in [1.82, 2.24) is 24.9 Å². The van der Waals surface area contributed by atoms with Crippen LogP contribution in [0.15, 0.2) is 54.9 Å². The molecule has 1 aliphatic heterocycles. The van der Waals surface area contributed by atoms with Gasteiger partial charge in [0.15, 0.2) is 5.65 Å². The average molecular weight is 459 g/mol. The number of fused-ring (bicyclic) bond motifs is 1. The van der Waals surface area contributed by atoms with Gasteiger partial charge in [0, 0.05) is 42.9 Å². The quantitative estimate of drug-likeness (QED) is 0.456. The van der Waals surface area contributed by atoms with E-state index in [0.29, 0.717) is 36.7 Å². The molecule has 0 aliphatic carbocycles. The van der Waals surface area contributed by atoms with E-state index in [2.05, 4.69) is 20.4 Å². The number of aryl methyl sites for hydroxylation is 1. The second kappa shape index (κ2) is 9.48. The molecule has 1 fully saturated rings. The Morgan fingerprint density at radius 1 is 1.21 bits per heavy atom. The fraction of sp³-hybridized carbons (Fsp3) is 0.280. The first kappa shape index (κ1) is 21.8. The van der Waals surface area contributed by atoms with Crippen molar-refractivity contribution in [2.24, 2.45) is 0 Å². The van der Waals surface area contributed by atoms with Crippen LogP contribution in [-0.2, 0) is 11.3 Å². The summed E-state index contributed by atoms with van der Waals surface area (Å²) >= 11 is 0. The average Bonchev–Trinajstić information content (AvgIpc) is 3.23. The van der Waals surface area contributed by atoms with Crippen LogP contribution in [0.2, 0.25) is 0 Å². The molecule has 3 N–H and O–H groups in total. The molecule has 1 aliphatic rings. The van der Waals surface area contributed by atoms with Gasteiger partial charge in [0.25, 0.3) is 5.91 Å². The Labute approximate surface area is 196 Å². The number of nitrogens with one attached hydrogen (secondary N) is 1. The maximum absolute atomic E-state index is 13.1. The van der Waals surface area contributed by atoms with E-state index in [1.165, 1.54) is 0 Å². The Kier molecular flexibility index (Phi) is 6.09. The molecular formula is C25H26N6O3. The van der Waals surface area contributed by atoms with E-state index in [9.17, 15) is 4.79 Å². The Morgan fingerprint density at radius 3 is 2.88 bits per heavy atom. The molecule has 0 unspecified atom stereocenters. The second-order valence-corrected chi connectivity index (χ2v) is 8.27. The van der Waals surface area contributed by atoms with Crippen LogP contribution in [0.5, 0.6) is 5.75 Å². The highest BCUT2D eigenvalue weighted by atomic mass is 16.5. The van der Waals surface area contributed by atoms with Gasteiger partial charge < -0.3 is 20.5 Å². The standard InChI is InChI=1S/C25H26N6O3/c1-16-21(12-19(15-27-16)17-6-9-31-23(13-17)29-25(26)30-31)24(32)28-14-18-4-2-3-5-22(18)34-20-7-10-33-11-8-20/h2-6,9,12-13,15,20H,7-8,10-11,14H2,1H3,(H2,26,30)(H,28,32). The van der Waals surface area contributed by atoms with Gasteiger partial charge in [-0.15, -0.1) is 5.10 Å². The first-order valence-electron chi connectivity index (χ1n) is 11.3. The molecule has 3 aromatic heterocycles.